The van der Waals surface area contributed by atoms with E-state index in [1.165, 1.54) is 24.2 Å². The molecule has 1 aromatic rings. The Morgan fingerprint density at radius 1 is 1.35 bits per heavy atom. The highest BCUT2D eigenvalue weighted by Crippen LogP contribution is 2.20. The number of thioether (sulfide) groups is 1. The minimum Gasteiger partial charge on any atom is -0.314 e. The predicted octanol–water partition coefficient (Wildman–Crippen LogP) is 3.96. The highest BCUT2D eigenvalue weighted by Gasteiger charge is 2.20. The molecule has 1 fully saturated rings. The van der Waals surface area contributed by atoms with Gasteiger partial charge in [-0.3, -0.25) is 0 Å². The summed E-state index contributed by atoms with van der Waals surface area (Å²) in [4.78, 5) is 0. The lowest BCUT2D eigenvalue weighted by Gasteiger charge is -2.11. The minimum absolute atomic E-state index is 0.757. The lowest BCUT2D eigenvalue weighted by Crippen LogP contribution is -2.24. The van der Waals surface area contributed by atoms with E-state index < -0.39 is 0 Å². The maximum atomic E-state index is 5.86. The maximum absolute atomic E-state index is 5.86. The average molecular weight is 270 g/mol. The molecule has 0 bridgehead atoms. The van der Waals surface area contributed by atoms with Crippen molar-refractivity contribution in [3.05, 3.63) is 34.9 Å². The number of halogens is 1. The molecule has 0 aromatic heterocycles. The van der Waals surface area contributed by atoms with Crippen molar-refractivity contribution in [2.75, 3.05) is 12.3 Å². The van der Waals surface area contributed by atoms with E-state index >= 15 is 0 Å². The third-order valence-electron chi connectivity index (χ3n) is 2.92. The molecule has 2 rings (SSSR count). The highest BCUT2D eigenvalue weighted by molar-refractivity contribution is 7.98. The minimum atomic E-state index is 0.757. The van der Waals surface area contributed by atoms with E-state index in [0.29, 0.717) is 0 Å². The van der Waals surface area contributed by atoms with Crippen LogP contribution in [0.5, 0.6) is 0 Å². The van der Waals surface area contributed by atoms with Crippen LogP contribution in [0.25, 0.3) is 0 Å². The lowest BCUT2D eigenvalue weighted by atomic mass is 10.2. The van der Waals surface area contributed by atoms with Gasteiger partial charge in [-0.25, -0.2) is 0 Å². The van der Waals surface area contributed by atoms with Crippen LogP contribution in [-0.4, -0.2) is 18.3 Å². The third-order valence-corrected chi connectivity index (χ3v) is 4.51. The van der Waals surface area contributed by atoms with Gasteiger partial charge in [0.05, 0.1) is 0 Å². The van der Waals surface area contributed by atoms with E-state index in [2.05, 4.69) is 24.4 Å². The first-order valence-corrected chi connectivity index (χ1v) is 7.83. The molecule has 0 aliphatic heterocycles. The predicted molar refractivity (Wildman–Crippen MR) is 77.8 cm³/mol. The van der Waals surface area contributed by atoms with Crippen LogP contribution in [0, 0.1) is 5.92 Å². The maximum Gasteiger partial charge on any atom is 0.0406 e. The fourth-order valence-corrected chi connectivity index (χ4v) is 2.87. The Morgan fingerprint density at radius 3 is 2.71 bits per heavy atom. The van der Waals surface area contributed by atoms with Gasteiger partial charge in [0.1, 0.15) is 0 Å². The Kier molecular flexibility index (Phi) is 5.20. The van der Waals surface area contributed by atoms with Crippen molar-refractivity contribution < 1.29 is 0 Å². The Hall–Kier alpha value is -0.180. The van der Waals surface area contributed by atoms with Crippen LogP contribution in [0.4, 0.5) is 0 Å². The number of rotatable bonds is 7. The molecule has 1 N–H and O–H groups in total. The number of nitrogens with one attached hydrogen (secondary N) is 1. The Labute approximate surface area is 113 Å². The van der Waals surface area contributed by atoms with Gasteiger partial charge in [-0.2, -0.15) is 11.8 Å². The van der Waals surface area contributed by atoms with E-state index in [4.69, 9.17) is 11.6 Å². The van der Waals surface area contributed by atoms with E-state index in [1.54, 1.807) is 0 Å². The van der Waals surface area contributed by atoms with E-state index in [1.807, 2.05) is 23.9 Å². The molecule has 1 unspecified atom stereocenters. The molecule has 1 nitrogen and oxygen atoms in total. The molecule has 0 heterocycles. The molecule has 1 aromatic carbocycles. The average Bonchev–Trinajstić information content (AvgIpc) is 3.13. The van der Waals surface area contributed by atoms with Gasteiger partial charge in [-0.1, -0.05) is 30.7 Å². The molecule has 0 saturated heterocycles. The zero-order chi connectivity index (χ0) is 12.1. The summed E-state index contributed by atoms with van der Waals surface area (Å²) < 4.78 is 0. The van der Waals surface area contributed by atoms with E-state index in [9.17, 15) is 0 Å². The van der Waals surface area contributed by atoms with Gasteiger partial charge >= 0.3 is 0 Å². The first-order valence-electron chi connectivity index (χ1n) is 6.29. The van der Waals surface area contributed by atoms with Crippen LogP contribution >= 0.6 is 23.4 Å². The molecule has 1 saturated carbocycles. The van der Waals surface area contributed by atoms with Crippen LogP contribution in [-0.2, 0) is 5.75 Å². The van der Waals surface area contributed by atoms with Gasteiger partial charge in [-0.05, 0) is 48.8 Å². The Balaban J connectivity index is 1.59. The van der Waals surface area contributed by atoms with Crippen molar-refractivity contribution >= 4 is 23.4 Å². The summed E-state index contributed by atoms with van der Waals surface area (Å²) in [6.07, 6.45) is 2.76. The molecular weight excluding hydrogens is 250 g/mol. The molecule has 1 aliphatic carbocycles. The molecule has 17 heavy (non-hydrogen) atoms. The Morgan fingerprint density at radius 2 is 2.06 bits per heavy atom. The molecular formula is C14H20ClNS. The van der Waals surface area contributed by atoms with E-state index in [-0.39, 0.29) is 0 Å². The normalized spacial score (nSPS) is 17.1. The van der Waals surface area contributed by atoms with Crippen molar-refractivity contribution in [1.82, 2.24) is 5.32 Å². The van der Waals surface area contributed by atoms with Crippen LogP contribution in [0.15, 0.2) is 24.3 Å². The van der Waals surface area contributed by atoms with E-state index in [0.717, 1.165) is 29.3 Å². The summed E-state index contributed by atoms with van der Waals surface area (Å²) in [7, 11) is 0. The second-order valence-corrected chi connectivity index (χ2v) is 6.40. The van der Waals surface area contributed by atoms with Crippen LogP contribution in [0.3, 0.4) is 0 Å². The van der Waals surface area contributed by atoms with Gasteiger partial charge < -0.3 is 5.32 Å². The molecule has 0 amide bonds. The van der Waals surface area contributed by atoms with Crippen molar-refractivity contribution in [2.24, 2.45) is 5.92 Å². The van der Waals surface area contributed by atoms with Gasteiger partial charge in [0.25, 0.3) is 0 Å². The standard InChI is InChI=1S/C14H20ClNS/c1-11(8-16-14-6-7-14)9-17-10-12-2-4-13(15)5-3-12/h2-5,11,14,16H,6-10H2,1H3. The van der Waals surface area contributed by atoms with Gasteiger partial charge in [0.2, 0.25) is 0 Å². The topological polar surface area (TPSA) is 12.0 Å². The third kappa shape index (κ3) is 5.33. The summed E-state index contributed by atoms with van der Waals surface area (Å²) in [5.74, 6) is 3.07. The van der Waals surface area contributed by atoms with Crippen molar-refractivity contribution in [1.29, 1.82) is 0 Å². The molecule has 0 radical (unpaired) electrons. The van der Waals surface area contributed by atoms with Gasteiger partial charge in [0.15, 0.2) is 0 Å². The summed E-state index contributed by atoms with van der Waals surface area (Å²) in [6.45, 7) is 3.49. The SMILES string of the molecule is CC(CNC1CC1)CSCc1ccc(Cl)cc1. The summed E-state index contributed by atoms with van der Waals surface area (Å²) in [6, 6.07) is 8.99. The second kappa shape index (κ2) is 6.67. The lowest BCUT2D eigenvalue weighted by molar-refractivity contribution is 0.556. The highest BCUT2D eigenvalue weighted by atomic mass is 35.5. The smallest absolute Gasteiger partial charge is 0.0406 e. The van der Waals surface area contributed by atoms with Crippen LogP contribution in [0.2, 0.25) is 5.02 Å². The van der Waals surface area contributed by atoms with Crippen molar-refractivity contribution in [3.63, 3.8) is 0 Å². The summed E-state index contributed by atoms with van der Waals surface area (Å²) in [5.41, 5.74) is 1.36. The monoisotopic (exact) mass is 269 g/mol. The molecule has 1 aliphatic rings. The van der Waals surface area contributed by atoms with Crippen molar-refractivity contribution in [3.8, 4) is 0 Å². The van der Waals surface area contributed by atoms with Crippen LogP contribution < -0.4 is 5.32 Å². The summed E-state index contributed by atoms with van der Waals surface area (Å²) in [5, 5.41) is 4.40. The largest absolute Gasteiger partial charge is 0.314 e. The van der Waals surface area contributed by atoms with Gasteiger partial charge in [0, 0.05) is 16.8 Å². The zero-order valence-corrected chi connectivity index (χ0v) is 11.9. The zero-order valence-electron chi connectivity index (χ0n) is 10.3. The van der Waals surface area contributed by atoms with Crippen LogP contribution in [0.1, 0.15) is 25.3 Å². The quantitative estimate of drug-likeness (QED) is 0.804. The summed E-state index contributed by atoms with van der Waals surface area (Å²) >= 11 is 7.87. The molecule has 3 heteroatoms. The molecule has 1 atom stereocenters. The first-order chi connectivity index (χ1) is 8.24. The Bertz CT molecular complexity index is 335. The molecule has 94 valence electrons. The fraction of sp³-hybridized carbons (Fsp3) is 0.571. The molecule has 0 spiro atoms. The first kappa shape index (κ1) is 13.3. The number of benzene rings is 1. The number of hydrogen-bond acceptors (Lipinski definition) is 2. The van der Waals surface area contributed by atoms with Gasteiger partial charge in [-0.15, -0.1) is 0 Å². The fourth-order valence-electron chi connectivity index (χ4n) is 1.67. The number of hydrogen-bond donors (Lipinski definition) is 1. The van der Waals surface area contributed by atoms with Crippen molar-refractivity contribution in [2.45, 2.75) is 31.6 Å². The second-order valence-electron chi connectivity index (χ2n) is 4.93.